The van der Waals surface area contributed by atoms with Gasteiger partial charge in [-0.3, -0.25) is 0 Å². The van der Waals surface area contributed by atoms with Gasteiger partial charge in [-0.05, 0) is 37.0 Å². The van der Waals surface area contributed by atoms with Crippen molar-refractivity contribution in [2.45, 2.75) is 18.9 Å². The number of anilines is 1. The predicted octanol–water partition coefficient (Wildman–Crippen LogP) is 1.64. The van der Waals surface area contributed by atoms with E-state index in [2.05, 4.69) is 10.1 Å². The number of nitrogens with zero attached hydrogens (tertiary/aromatic N) is 2. The van der Waals surface area contributed by atoms with Crippen molar-refractivity contribution in [3.05, 3.63) is 28.8 Å². The molecule has 3 atom stereocenters. The lowest BCUT2D eigenvalue weighted by molar-refractivity contribution is 0.133. The van der Waals surface area contributed by atoms with Crippen LogP contribution in [0.5, 0.6) is 0 Å². The molecule has 6 heteroatoms. The molecule has 1 aliphatic heterocycles. The fourth-order valence-electron chi connectivity index (χ4n) is 3.41. The van der Waals surface area contributed by atoms with Gasteiger partial charge in [-0.15, -0.1) is 0 Å². The largest absolute Gasteiger partial charge is 0.409 e. The quantitative estimate of drug-likeness (QED) is 0.335. The smallest absolute Gasteiger partial charge is 0.170 e. The molecule has 1 aromatic carbocycles. The van der Waals surface area contributed by atoms with Gasteiger partial charge in [0.15, 0.2) is 5.84 Å². The maximum atomic E-state index is 9.96. The summed E-state index contributed by atoms with van der Waals surface area (Å²) in [4.78, 5) is 2.22. The van der Waals surface area contributed by atoms with Gasteiger partial charge in [0.05, 0.1) is 16.8 Å². The molecule has 3 unspecified atom stereocenters. The van der Waals surface area contributed by atoms with E-state index >= 15 is 0 Å². The summed E-state index contributed by atoms with van der Waals surface area (Å²) in [6.07, 6.45) is 1.82. The first-order valence-electron chi connectivity index (χ1n) is 6.80. The zero-order valence-corrected chi connectivity index (χ0v) is 11.8. The first-order chi connectivity index (χ1) is 9.60. The molecule has 1 heterocycles. The maximum absolute atomic E-state index is 9.96. The van der Waals surface area contributed by atoms with Crippen LogP contribution in [-0.4, -0.2) is 35.3 Å². The number of hydrogen-bond acceptors (Lipinski definition) is 4. The summed E-state index contributed by atoms with van der Waals surface area (Å²) in [5.74, 6) is 0.965. The SMILES string of the molecule is N/C(=N/O)c1ccc(N2CC3CCC(O)C3C2)c(Cl)c1. The first-order valence-corrected chi connectivity index (χ1v) is 7.18. The van der Waals surface area contributed by atoms with Crippen molar-refractivity contribution in [2.24, 2.45) is 22.7 Å². The van der Waals surface area contributed by atoms with Gasteiger partial charge in [0, 0.05) is 24.6 Å². The number of hydrogen-bond donors (Lipinski definition) is 3. The van der Waals surface area contributed by atoms with Gasteiger partial charge in [-0.25, -0.2) is 0 Å². The summed E-state index contributed by atoms with van der Waals surface area (Å²) in [6.45, 7) is 1.78. The third-order valence-electron chi connectivity index (χ3n) is 4.51. The zero-order valence-electron chi connectivity index (χ0n) is 11.0. The highest BCUT2D eigenvalue weighted by atomic mass is 35.5. The average molecular weight is 296 g/mol. The van der Waals surface area contributed by atoms with Gasteiger partial charge in [0.2, 0.25) is 0 Å². The van der Waals surface area contributed by atoms with E-state index in [0.717, 1.165) is 31.6 Å². The number of rotatable bonds is 2. The Labute approximate surface area is 122 Å². The molecule has 5 nitrogen and oxygen atoms in total. The van der Waals surface area contributed by atoms with Gasteiger partial charge < -0.3 is 20.9 Å². The number of aliphatic hydroxyl groups is 1. The Kier molecular flexibility index (Phi) is 3.48. The van der Waals surface area contributed by atoms with Crippen LogP contribution in [0.1, 0.15) is 18.4 Å². The Hall–Kier alpha value is -1.46. The van der Waals surface area contributed by atoms with Crippen LogP contribution in [0.15, 0.2) is 23.4 Å². The van der Waals surface area contributed by atoms with Crippen LogP contribution in [0.3, 0.4) is 0 Å². The number of aliphatic hydroxyl groups excluding tert-OH is 1. The normalized spacial score (nSPS) is 29.8. The van der Waals surface area contributed by atoms with Crippen molar-refractivity contribution in [1.29, 1.82) is 0 Å². The van der Waals surface area contributed by atoms with Crippen LogP contribution >= 0.6 is 11.6 Å². The molecule has 20 heavy (non-hydrogen) atoms. The summed E-state index contributed by atoms with van der Waals surface area (Å²) >= 11 is 6.31. The van der Waals surface area contributed by atoms with Crippen molar-refractivity contribution in [3.63, 3.8) is 0 Å². The molecular formula is C14H18ClN3O2. The molecule has 0 spiro atoms. The molecule has 0 amide bonds. The minimum atomic E-state index is -0.180. The lowest BCUT2D eigenvalue weighted by Crippen LogP contribution is -2.24. The highest BCUT2D eigenvalue weighted by Crippen LogP contribution is 2.41. The van der Waals surface area contributed by atoms with E-state index in [1.165, 1.54) is 0 Å². The topological polar surface area (TPSA) is 82.1 Å². The molecular weight excluding hydrogens is 278 g/mol. The minimum Gasteiger partial charge on any atom is -0.409 e. The molecule has 0 radical (unpaired) electrons. The molecule has 1 saturated heterocycles. The van der Waals surface area contributed by atoms with Crippen LogP contribution in [0.25, 0.3) is 0 Å². The van der Waals surface area contributed by atoms with Gasteiger partial charge in [0.1, 0.15) is 0 Å². The van der Waals surface area contributed by atoms with Gasteiger partial charge >= 0.3 is 0 Å². The van der Waals surface area contributed by atoms with E-state index in [0.29, 0.717) is 22.4 Å². The van der Waals surface area contributed by atoms with Crippen molar-refractivity contribution in [2.75, 3.05) is 18.0 Å². The Morgan fingerprint density at radius 1 is 1.35 bits per heavy atom. The first kappa shape index (κ1) is 13.5. The summed E-state index contributed by atoms with van der Waals surface area (Å²) in [5.41, 5.74) is 7.10. The molecule has 0 aromatic heterocycles. The van der Waals surface area contributed by atoms with E-state index in [-0.39, 0.29) is 11.9 Å². The molecule has 108 valence electrons. The highest BCUT2D eigenvalue weighted by Gasteiger charge is 2.42. The average Bonchev–Trinajstić information content (AvgIpc) is 3.00. The third kappa shape index (κ3) is 2.21. The molecule has 0 bridgehead atoms. The fourth-order valence-corrected chi connectivity index (χ4v) is 3.71. The molecule has 2 fully saturated rings. The van der Waals surface area contributed by atoms with Crippen molar-refractivity contribution in [3.8, 4) is 0 Å². The summed E-state index contributed by atoms with van der Waals surface area (Å²) in [5, 5.41) is 22.2. The van der Waals surface area contributed by atoms with E-state index < -0.39 is 0 Å². The van der Waals surface area contributed by atoms with Gasteiger partial charge in [-0.1, -0.05) is 16.8 Å². The maximum Gasteiger partial charge on any atom is 0.170 e. The molecule has 3 rings (SSSR count). The third-order valence-corrected chi connectivity index (χ3v) is 4.81. The second-order valence-electron chi connectivity index (χ2n) is 5.63. The molecule has 1 saturated carbocycles. The minimum absolute atomic E-state index is 0.0483. The van der Waals surface area contributed by atoms with E-state index in [1.807, 2.05) is 6.07 Å². The second kappa shape index (κ2) is 5.14. The summed E-state index contributed by atoms with van der Waals surface area (Å²) in [7, 11) is 0. The van der Waals surface area contributed by atoms with Crippen molar-refractivity contribution < 1.29 is 10.3 Å². The Balaban J connectivity index is 1.82. The predicted molar refractivity (Wildman–Crippen MR) is 78.4 cm³/mol. The van der Waals surface area contributed by atoms with Crippen molar-refractivity contribution in [1.82, 2.24) is 0 Å². The zero-order chi connectivity index (χ0) is 14.3. The number of benzene rings is 1. The monoisotopic (exact) mass is 295 g/mol. The lowest BCUT2D eigenvalue weighted by atomic mass is 10.00. The van der Waals surface area contributed by atoms with Crippen molar-refractivity contribution >= 4 is 23.1 Å². The van der Waals surface area contributed by atoms with E-state index in [1.54, 1.807) is 12.1 Å². The summed E-state index contributed by atoms with van der Waals surface area (Å²) in [6, 6.07) is 5.39. The van der Waals surface area contributed by atoms with Gasteiger partial charge in [0.25, 0.3) is 0 Å². The van der Waals surface area contributed by atoms with E-state index in [4.69, 9.17) is 22.5 Å². The number of fused-ring (bicyclic) bond motifs is 1. The molecule has 2 aliphatic rings. The lowest BCUT2D eigenvalue weighted by Gasteiger charge is -2.22. The second-order valence-corrected chi connectivity index (χ2v) is 6.03. The number of halogens is 1. The summed E-state index contributed by atoms with van der Waals surface area (Å²) < 4.78 is 0. The molecule has 1 aromatic rings. The van der Waals surface area contributed by atoms with Crippen LogP contribution < -0.4 is 10.6 Å². The Morgan fingerprint density at radius 2 is 2.15 bits per heavy atom. The van der Waals surface area contributed by atoms with E-state index in [9.17, 15) is 5.11 Å². The highest BCUT2D eigenvalue weighted by molar-refractivity contribution is 6.33. The number of nitrogens with two attached hydrogens (primary N) is 1. The fraction of sp³-hybridized carbons (Fsp3) is 0.500. The number of oxime groups is 1. The van der Waals surface area contributed by atoms with Crippen LogP contribution in [0, 0.1) is 11.8 Å². The Bertz CT molecular complexity index is 549. The van der Waals surface area contributed by atoms with Crippen LogP contribution in [0.2, 0.25) is 5.02 Å². The van der Waals surface area contributed by atoms with Gasteiger partial charge in [-0.2, -0.15) is 0 Å². The van der Waals surface area contributed by atoms with Crippen LogP contribution in [0.4, 0.5) is 5.69 Å². The number of amidine groups is 1. The molecule has 4 N–H and O–H groups in total. The Morgan fingerprint density at radius 3 is 2.80 bits per heavy atom. The van der Waals surface area contributed by atoms with Crippen LogP contribution in [-0.2, 0) is 0 Å². The standard InChI is InChI=1S/C14H18ClN3O2/c15-11-5-8(14(16)17-20)1-3-12(11)18-6-9-2-4-13(19)10(9)7-18/h1,3,5,9-10,13,19-20H,2,4,6-7H2,(H2,16,17). The molecule has 1 aliphatic carbocycles.